The predicted molar refractivity (Wildman–Crippen MR) is 128 cm³/mol. The number of ketones is 1. The maximum Gasteiger partial charge on any atom is 0.232 e. The first-order valence-electron chi connectivity index (χ1n) is 11.7. The monoisotopic (exact) mass is 437 g/mol. The molecule has 2 aromatic carbocycles. The number of nitrogens with zero attached hydrogens (tertiary/aromatic N) is 1. The van der Waals surface area contributed by atoms with E-state index in [1.807, 2.05) is 38.1 Å². The number of aryl methyl sites for hydroxylation is 1. The van der Waals surface area contributed by atoms with Crippen LogP contribution in [0.5, 0.6) is 17.2 Å². The molecule has 0 saturated heterocycles. The highest BCUT2D eigenvalue weighted by molar-refractivity contribution is 6.15. The van der Waals surface area contributed by atoms with Gasteiger partial charge in [-0.3, -0.25) is 9.69 Å². The fraction of sp³-hybridized carbons (Fsp3) is 0.444. The van der Waals surface area contributed by atoms with E-state index in [4.69, 9.17) is 9.47 Å². The van der Waals surface area contributed by atoms with Crippen LogP contribution in [-0.4, -0.2) is 35.5 Å². The third kappa shape index (κ3) is 5.52. The van der Waals surface area contributed by atoms with E-state index >= 15 is 0 Å². The van der Waals surface area contributed by atoms with Crippen molar-refractivity contribution in [3.8, 4) is 17.2 Å². The highest BCUT2D eigenvalue weighted by Crippen LogP contribution is 2.42. The average molecular weight is 438 g/mol. The van der Waals surface area contributed by atoms with Gasteiger partial charge in [0, 0.05) is 6.54 Å². The Balaban J connectivity index is 1.90. The molecule has 5 heteroatoms. The average Bonchev–Trinajstić information content (AvgIpc) is 3.10. The number of rotatable bonds is 11. The Labute approximate surface area is 191 Å². The molecule has 172 valence electrons. The van der Waals surface area contributed by atoms with Crippen LogP contribution in [-0.2, 0) is 6.54 Å². The fourth-order valence-electron chi connectivity index (χ4n) is 3.97. The zero-order chi connectivity index (χ0) is 23.1. The number of carbonyl (C=O) groups excluding carboxylic acids is 1. The molecule has 1 aliphatic rings. The molecule has 0 aliphatic carbocycles. The summed E-state index contributed by atoms with van der Waals surface area (Å²) in [6.45, 7) is 11.2. The van der Waals surface area contributed by atoms with Gasteiger partial charge in [0.15, 0.2) is 5.76 Å². The van der Waals surface area contributed by atoms with Gasteiger partial charge < -0.3 is 14.6 Å². The van der Waals surface area contributed by atoms with Crippen molar-refractivity contribution >= 4 is 11.9 Å². The lowest BCUT2D eigenvalue weighted by Crippen LogP contribution is -2.26. The Kier molecular flexibility index (Phi) is 8.34. The van der Waals surface area contributed by atoms with E-state index in [1.54, 1.807) is 12.1 Å². The van der Waals surface area contributed by atoms with E-state index in [-0.39, 0.29) is 17.3 Å². The summed E-state index contributed by atoms with van der Waals surface area (Å²) < 4.78 is 11.6. The van der Waals surface area contributed by atoms with Crippen LogP contribution in [0.25, 0.3) is 6.08 Å². The summed E-state index contributed by atoms with van der Waals surface area (Å²) in [6, 6.07) is 9.25. The molecule has 1 aliphatic heterocycles. The molecule has 1 N–H and O–H groups in total. The van der Waals surface area contributed by atoms with E-state index in [2.05, 4.69) is 18.7 Å². The lowest BCUT2D eigenvalue weighted by atomic mass is 9.99. The molecule has 0 atom stereocenters. The van der Waals surface area contributed by atoms with Crippen LogP contribution in [0.4, 0.5) is 0 Å². The van der Waals surface area contributed by atoms with Crippen molar-refractivity contribution in [2.45, 2.75) is 59.9 Å². The highest BCUT2D eigenvalue weighted by Gasteiger charge is 2.33. The Hall–Kier alpha value is -2.79. The number of unbranched alkanes of at least 4 members (excludes halogenated alkanes) is 2. The first kappa shape index (κ1) is 23.9. The number of hydrogen-bond acceptors (Lipinski definition) is 5. The van der Waals surface area contributed by atoms with E-state index < -0.39 is 0 Å². The molecule has 32 heavy (non-hydrogen) atoms. The van der Waals surface area contributed by atoms with E-state index in [1.165, 1.54) is 0 Å². The number of phenolic OH excluding ortho intramolecular Hbond substituents is 1. The topological polar surface area (TPSA) is 59.0 Å². The van der Waals surface area contributed by atoms with Crippen LogP contribution >= 0.6 is 0 Å². The van der Waals surface area contributed by atoms with E-state index in [0.717, 1.165) is 55.6 Å². The molecular weight excluding hydrogens is 402 g/mol. The Morgan fingerprint density at radius 1 is 1.06 bits per heavy atom. The number of aromatic hydroxyl groups is 1. The molecular formula is C27H35NO4. The Morgan fingerprint density at radius 3 is 2.31 bits per heavy atom. The summed E-state index contributed by atoms with van der Waals surface area (Å²) in [4.78, 5) is 15.5. The van der Waals surface area contributed by atoms with Crippen molar-refractivity contribution in [2.75, 3.05) is 19.7 Å². The van der Waals surface area contributed by atoms with Gasteiger partial charge in [-0.05, 0) is 75.2 Å². The number of carbonyl (C=O) groups is 1. The molecule has 1 heterocycles. The number of benzene rings is 2. The first-order chi connectivity index (χ1) is 15.5. The quantitative estimate of drug-likeness (QED) is 0.429. The van der Waals surface area contributed by atoms with E-state index in [0.29, 0.717) is 30.0 Å². The van der Waals surface area contributed by atoms with Crippen LogP contribution in [0.2, 0.25) is 0 Å². The Morgan fingerprint density at radius 2 is 1.72 bits per heavy atom. The van der Waals surface area contributed by atoms with Crippen molar-refractivity contribution < 1.29 is 19.4 Å². The molecule has 0 aromatic heterocycles. The fourth-order valence-corrected chi connectivity index (χ4v) is 3.97. The predicted octanol–water partition coefficient (Wildman–Crippen LogP) is 6.12. The van der Waals surface area contributed by atoms with Gasteiger partial charge in [0.05, 0.1) is 17.7 Å². The summed E-state index contributed by atoms with van der Waals surface area (Å²) in [5.41, 5.74) is 2.85. The maximum absolute atomic E-state index is 13.2. The molecule has 0 fully saturated rings. The molecule has 0 saturated carbocycles. The van der Waals surface area contributed by atoms with Crippen molar-refractivity contribution in [2.24, 2.45) is 0 Å². The molecule has 0 bridgehead atoms. The third-order valence-corrected chi connectivity index (χ3v) is 5.75. The minimum atomic E-state index is -0.138. The van der Waals surface area contributed by atoms with Gasteiger partial charge >= 0.3 is 0 Å². The SMILES string of the molecule is CCCCN(CCCC)Cc1c(O)cc(C)c2c1O/C(=C/c1ccc(OCC)cc1)C2=O. The lowest BCUT2D eigenvalue weighted by molar-refractivity contribution is 0.101. The largest absolute Gasteiger partial charge is 0.507 e. The lowest BCUT2D eigenvalue weighted by Gasteiger charge is -2.23. The van der Waals surface area contributed by atoms with Crippen molar-refractivity contribution in [3.63, 3.8) is 0 Å². The van der Waals surface area contributed by atoms with Gasteiger partial charge in [-0.15, -0.1) is 0 Å². The molecule has 5 nitrogen and oxygen atoms in total. The van der Waals surface area contributed by atoms with Crippen LogP contribution in [0, 0.1) is 6.92 Å². The Bertz CT molecular complexity index is 955. The second-order valence-corrected chi connectivity index (χ2v) is 8.32. The number of ether oxygens (including phenoxy) is 2. The summed E-state index contributed by atoms with van der Waals surface area (Å²) >= 11 is 0. The van der Waals surface area contributed by atoms with Crippen molar-refractivity contribution in [1.29, 1.82) is 0 Å². The van der Waals surface area contributed by atoms with Crippen molar-refractivity contribution in [3.05, 3.63) is 58.3 Å². The van der Waals surface area contributed by atoms with Gasteiger partial charge in [0.25, 0.3) is 0 Å². The van der Waals surface area contributed by atoms with Crippen LogP contribution in [0.1, 0.15) is 73.5 Å². The van der Waals surface area contributed by atoms with Gasteiger partial charge in [-0.2, -0.15) is 0 Å². The molecule has 0 spiro atoms. The van der Waals surface area contributed by atoms with Crippen LogP contribution in [0.3, 0.4) is 0 Å². The number of Topliss-reactive ketones (excluding diaryl/α,β-unsaturated/α-hetero) is 1. The normalized spacial score (nSPS) is 14.2. The number of fused-ring (bicyclic) bond motifs is 1. The molecule has 0 unspecified atom stereocenters. The third-order valence-electron chi connectivity index (χ3n) is 5.75. The summed E-state index contributed by atoms with van der Waals surface area (Å²) in [5.74, 6) is 1.63. The molecule has 3 rings (SSSR count). The zero-order valence-electron chi connectivity index (χ0n) is 19.7. The second-order valence-electron chi connectivity index (χ2n) is 8.32. The second kappa shape index (κ2) is 11.2. The number of phenols is 1. The summed E-state index contributed by atoms with van der Waals surface area (Å²) in [6.07, 6.45) is 6.18. The molecule has 0 radical (unpaired) electrons. The highest BCUT2D eigenvalue weighted by atomic mass is 16.5. The smallest absolute Gasteiger partial charge is 0.232 e. The van der Waals surface area contributed by atoms with Gasteiger partial charge in [-0.25, -0.2) is 0 Å². The first-order valence-corrected chi connectivity index (χ1v) is 11.7. The molecule has 0 amide bonds. The zero-order valence-corrected chi connectivity index (χ0v) is 19.7. The van der Waals surface area contributed by atoms with Gasteiger partial charge in [-0.1, -0.05) is 38.8 Å². The van der Waals surface area contributed by atoms with Gasteiger partial charge in [0.1, 0.15) is 17.2 Å². The standard InChI is InChI=1S/C27H35NO4/c1-5-8-14-28(15-9-6-2)18-22-23(29)16-19(4)25-26(30)24(32-27(22)25)17-20-10-12-21(13-11-20)31-7-3/h10-13,16-17,29H,5-9,14-15,18H2,1-4H3/b24-17+. The minimum Gasteiger partial charge on any atom is -0.507 e. The molecule has 2 aromatic rings. The van der Waals surface area contributed by atoms with Crippen molar-refractivity contribution in [1.82, 2.24) is 4.90 Å². The van der Waals surface area contributed by atoms with E-state index in [9.17, 15) is 9.90 Å². The summed E-state index contributed by atoms with van der Waals surface area (Å²) in [7, 11) is 0. The van der Waals surface area contributed by atoms with Crippen LogP contribution < -0.4 is 9.47 Å². The van der Waals surface area contributed by atoms with Crippen LogP contribution in [0.15, 0.2) is 36.1 Å². The maximum atomic E-state index is 13.2. The number of hydrogen-bond donors (Lipinski definition) is 1. The number of allylic oxidation sites excluding steroid dienone is 1. The van der Waals surface area contributed by atoms with Gasteiger partial charge in [0.2, 0.25) is 5.78 Å². The summed E-state index contributed by atoms with van der Waals surface area (Å²) in [5, 5.41) is 10.7. The minimum absolute atomic E-state index is 0.138.